The zero-order valence-corrected chi connectivity index (χ0v) is 16.6. The van der Waals surface area contributed by atoms with Crippen molar-refractivity contribution in [3.05, 3.63) is 76.0 Å². The largest absolute Gasteiger partial charge is 0.496 e. The summed E-state index contributed by atoms with van der Waals surface area (Å²) < 4.78 is 10.9. The highest BCUT2D eigenvalue weighted by atomic mass is 16.6. The van der Waals surface area contributed by atoms with Gasteiger partial charge < -0.3 is 14.5 Å². The summed E-state index contributed by atoms with van der Waals surface area (Å²) in [6.07, 6.45) is 1.30. The minimum absolute atomic E-state index is 0.0980. The lowest BCUT2D eigenvalue weighted by Crippen LogP contribution is -2.17. The number of nitrogens with one attached hydrogen (secondary N) is 2. The molecule has 0 fully saturated rings. The second kappa shape index (κ2) is 9.35. The van der Waals surface area contributed by atoms with Crippen LogP contribution in [0.3, 0.4) is 0 Å². The van der Waals surface area contributed by atoms with Gasteiger partial charge in [-0.3, -0.25) is 19.7 Å². The van der Waals surface area contributed by atoms with Crippen molar-refractivity contribution in [1.29, 1.82) is 0 Å². The number of anilines is 1. The molecule has 0 bridgehead atoms. The Labute approximate surface area is 176 Å². The van der Waals surface area contributed by atoms with Gasteiger partial charge in [0.2, 0.25) is 5.91 Å². The molecule has 0 spiro atoms. The van der Waals surface area contributed by atoms with Crippen molar-refractivity contribution in [2.75, 3.05) is 12.4 Å². The van der Waals surface area contributed by atoms with Crippen molar-refractivity contribution >= 4 is 29.4 Å². The number of nitrogens with zero attached hydrogens (tertiary/aromatic N) is 2. The van der Waals surface area contributed by atoms with E-state index >= 15 is 0 Å². The first-order valence-electron chi connectivity index (χ1n) is 9.01. The number of hydrogen-bond donors (Lipinski definition) is 2. The number of amides is 2. The number of ether oxygens (including phenoxy) is 1. The average Bonchev–Trinajstić information content (AvgIpc) is 3.22. The van der Waals surface area contributed by atoms with Crippen LogP contribution in [0.5, 0.6) is 5.75 Å². The number of benzene rings is 2. The SMILES string of the molecule is COc1ccc([N+](=O)[O-])cc1-c1ccc(/C=N\NC(=O)c2ccc(NC(C)=O)cc2)o1. The molecular formula is C21H18N4O6. The smallest absolute Gasteiger partial charge is 0.271 e. The Morgan fingerprint density at radius 2 is 1.87 bits per heavy atom. The number of hydrazone groups is 1. The van der Waals surface area contributed by atoms with E-state index in [1.54, 1.807) is 36.4 Å². The first-order valence-corrected chi connectivity index (χ1v) is 9.01. The number of carbonyl (C=O) groups excluding carboxylic acids is 2. The van der Waals surface area contributed by atoms with Crippen molar-refractivity contribution in [2.24, 2.45) is 5.10 Å². The molecule has 1 aromatic heterocycles. The highest BCUT2D eigenvalue weighted by molar-refractivity contribution is 5.96. The van der Waals surface area contributed by atoms with E-state index < -0.39 is 10.8 Å². The number of carbonyl (C=O) groups is 2. The van der Waals surface area contributed by atoms with Gasteiger partial charge in [0.05, 0.1) is 23.8 Å². The van der Waals surface area contributed by atoms with Crippen LogP contribution in [-0.4, -0.2) is 30.1 Å². The van der Waals surface area contributed by atoms with Gasteiger partial charge in [0.25, 0.3) is 11.6 Å². The Bertz CT molecular complexity index is 1150. The molecule has 0 aliphatic rings. The summed E-state index contributed by atoms with van der Waals surface area (Å²) in [7, 11) is 1.45. The summed E-state index contributed by atoms with van der Waals surface area (Å²) >= 11 is 0. The Morgan fingerprint density at radius 1 is 1.13 bits per heavy atom. The van der Waals surface area contributed by atoms with Gasteiger partial charge in [-0.05, 0) is 42.5 Å². The number of nitro groups is 1. The van der Waals surface area contributed by atoms with E-state index in [2.05, 4.69) is 15.8 Å². The molecular weight excluding hydrogens is 404 g/mol. The van der Waals surface area contributed by atoms with Crippen molar-refractivity contribution in [1.82, 2.24) is 5.43 Å². The van der Waals surface area contributed by atoms with Crippen LogP contribution >= 0.6 is 0 Å². The molecule has 0 atom stereocenters. The minimum atomic E-state index is -0.507. The van der Waals surface area contributed by atoms with Gasteiger partial charge in [0.15, 0.2) is 0 Å². The Balaban J connectivity index is 1.68. The molecule has 0 aliphatic heterocycles. The molecule has 2 N–H and O–H groups in total. The molecule has 0 aliphatic carbocycles. The van der Waals surface area contributed by atoms with Crippen LogP contribution in [0.25, 0.3) is 11.3 Å². The van der Waals surface area contributed by atoms with Crippen LogP contribution in [-0.2, 0) is 4.79 Å². The van der Waals surface area contributed by atoms with Gasteiger partial charge in [-0.2, -0.15) is 5.10 Å². The van der Waals surface area contributed by atoms with Crippen LogP contribution in [0.1, 0.15) is 23.0 Å². The normalized spacial score (nSPS) is 10.6. The second-order valence-electron chi connectivity index (χ2n) is 6.30. The van der Waals surface area contributed by atoms with Crippen LogP contribution < -0.4 is 15.5 Å². The summed E-state index contributed by atoms with van der Waals surface area (Å²) in [6, 6.07) is 13.7. The third-order valence-corrected chi connectivity index (χ3v) is 4.11. The molecule has 0 saturated carbocycles. The second-order valence-corrected chi connectivity index (χ2v) is 6.30. The fraction of sp³-hybridized carbons (Fsp3) is 0.0952. The van der Waals surface area contributed by atoms with Gasteiger partial charge >= 0.3 is 0 Å². The fourth-order valence-corrected chi connectivity index (χ4v) is 2.70. The standard InChI is InChI=1S/C21H18N4O6/c1-13(26)23-15-5-3-14(4-6-15)21(27)24-22-12-17-8-10-20(31-17)18-11-16(25(28)29)7-9-19(18)30-2/h3-12H,1-2H3,(H,23,26)(H,24,27)/b22-12-. The molecule has 0 unspecified atom stereocenters. The molecule has 2 amide bonds. The summed E-state index contributed by atoms with van der Waals surface area (Å²) in [5.41, 5.74) is 3.62. The van der Waals surface area contributed by atoms with Crippen LogP contribution in [0, 0.1) is 10.1 Å². The molecule has 31 heavy (non-hydrogen) atoms. The van der Waals surface area contributed by atoms with E-state index in [-0.39, 0.29) is 11.6 Å². The maximum atomic E-state index is 12.2. The molecule has 10 heteroatoms. The Kier molecular flexibility index (Phi) is 6.41. The van der Waals surface area contributed by atoms with Crippen molar-refractivity contribution in [3.8, 4) is 17.1 Å². The van der Waals surface area contributed by atoms with Crippen molar-refractivity contribution in [2.45, 2.75) is 6.92 Å². The lowest BCUT2D eigenvalue weighted by atomic mass is 10.1. The number of rotatable bonds is 7. The highest BCUT2D eigenvalue weighted by Gasteiger charge is 2.15. The van der Waals surface area contributed by atoms with Crippen molar-refractivity contribution < 1.29 is 23.7 Å². The molecule has 3 rings (SSSR count). The van der Waals surface area contributed by atoms with E-state index in [9.17, 15) is 19.7 Å². The lowest BCUT2D eigenvalue weighted by Gasteiger charge is -2.05. The maximum Gasteiger partial charge on any atom is 0.271 e. The molecule has 0 saturated heterocycles. The lowest BCUT2D eigenvalue weighted by molar-refractivity contribution is -0.384. The summed E-state index contributed by atoms with van der Waals surface area (Å²) in [5, 5.41) is 17.5. The summed E-state index contributed by atoms with van der Waals surface area (Å²) in [4.78, 5) is 33.7. The summed E-state index contributed by atoms with van der Waals surface area (Å²) in [5.74, 6) is 0.436. The first-order chi connectivity index (χ1) is 14.9. The van der Waals surface area contributed by atoms with Gasteiger partial charge in [0.1, 0.15) is 17.3 Å². The van der Waals surface area contributed by atoms with Gasteiger partial charge in [-0.1, -0.05) is 0 Å². The number of non-ortho nitro benzene ring substituents is 1. The molecule has 3 aromatic rings. The van der Waals surface area contributed by atoms with E-state index in [0.29, 0.717) is 34.1 Å². The third kappa shape index (κ3) is 5.32. The van der Waals surface area contributed by atoms with E-state index in [0.717, 1.165) is 0 Å². The van der Waals surface area contributed by atoms with Crippen LogP contribution in [0.2, 0.25) is 0 Å². The number of nitro benzene ring substituents is 1. The first kappa shape index (κ1) is 21.2. The monoisotopic (exact) mass is 422 g/mol. The maximum absolute atomic E-state index is 12.2. The van der Waals surface area contributed by atoms with E-state index in [4.69, 9.17) is 9.15 Å². The topological polar surface area (TPSA) is 136 Å². The number of hydrogen-bond acceptors (Lipinski definition) is 7. The Hall–Kier alpha value is -4.47. The highest BCUT2D eigenvalue weighted by Crippen LogP contribution is 2.34. The minimum Gasteiger partial charge on any atom is -0.496 e. The third-order valence-electron chi connectivity index (χ3n) is 4.11. The predicted octanol–water partition coefficient (Wildman–Crippen LogP) is 3.59. The predicted molar refractivity (Wildman–Crippen MR) is 113 cm³/mol. The molecule has 158 valence electrons. The van der Waals surface area contributed by atoms with Crippen LogP contribution in [0.4, 0.5) is 11.4 Å². The van der Waals surface area contributed by atoms with E-state index in [1.807, 2.05) is 0 Å². The average molecular weight is 422 g/mol. The zero-order chi connectivity index (χ0) is 22.4. The van der Waals surface area contributed by atoms with Gasteiger partial charge in [0, 0.05) is 30.3 Å². The van der Waals surface area contributed by atoms with E-state index in [1.165, 1.54) is 38.4 Å². The molecule has 10 nitrogen and oxygen atoms in total. The van der Waals surface area contributed by atoms with Gasteiger partial charge in [-0.15, -0.1) is 0 Å². The number of methoxy groups -OCH3 is 1. The quantitative estimate of drug-likeness (QED) is 0.339. The molecule has 2 aromatic carbocycles. The fourth-order valence-electron chi connectivity index (χ4n) is 2.70. The zero-order valence-electron chi connectivity index (χ0n) is 16.6. The Morgan fingerprint density at radius 3 is 2.52 bits per heavy atom. The van der Waals surface area contributed by atoms with Crippen LogP contribution in [0.15, 0.2) is 64.1 Å². The van der Waals surface area contributed by atoms with Crippen molar-refractivity contribution in [3.63, 3.8) is 0 Å². The number of furan rings is 1. The molecule has 1 heterocycles. The molecule has 0 radical (unpaired) electrons. The summed E-state index contributed by atoms with van der Waals surface area (Å²) in [6.45, 7) is 1.39. The van der Waals surface area contributed by atoms with Gasteiger partial charge in [-0.25, -0.2) is 5.43 Å².